The van der Waals surface area contributed by atoms with Crippen molar-refractivity contribution in [3.63, 3.8) is 0 Å². The number of unbranched alkanes of at least 4 members (excludes halogenated alkanes) is 1. The zero-order chi connectivity index (χ0) is 44.8. The summed E-state index contributed by atoms with van der Waals surface area (Å²) >= 11 is 8.82. The molecular formula is C49H55ClN6O7S. The maximum atomic E-state index is 14.0. The van der Waals surface area contributed by atoms with Crippen LogP contribution < -0.4 is 34.9 Å². The van der Waals surface area contributed by atoms with Crippen molar-refractivity contribution in [2.45, 2.75) is 89.1 Å². The molecule has 4 aliphatic heterocycles. The number of ether oxygens (including phenoxy) is 4. The second kappa shape index (κ2) is 20.0. The van der Waals surface area contributed by atoms with Gasteiger partial charge in [0.2, 0.25) is 11.8 Å². The van der Waals surface area contributed by atoms with Gasteiger partial charge in [0.15, 0.2) is 11.5 Å². The Labute approximate surface area is 384 Å². The third-order valence-electron chi connectivity index (χ3n) is 12.5. The van der Waals surface area contributed by atoms with Crippen LogP contribution in [-0.4, -0.2) is 95.7 Å². The number of hydrogen-bond donors (Lipinski definition) is 3. The fraction of sp³-hybridized carbons (Fsp3) is 0.429. The molecule has 64 heavy (non-hydrogen) atoms. The Balaban J connectivity index is 0.881. The molecule has 0 spiro atoms. The van der Waals surface area contributed by atoms with Crippen LogP contribution in [0, 0.1) is 18.3 Å². The minimum atomic E-state index is -0.947. The van der Waals surface area contributed by atoms with Gasteiger partial charge in [0.1, 0.15) is 37.9 Å². The number of rotatable bonds is 16. The van der Waals surface area contributed by atoms with E-state index in [-0.39, 0.29) is 49.7 Å². The highest BCUT2D eigenvalue weighted by molar-refractivity contribution is 8.00. The second-order valence-corrected chi connectivity index (χ2v) is 18.9. The van der Waals surface area contributed by atoms with Crippen LogP contribution in [0.15, 0.2) is 72.8 Å². The predicted molar refractivity (Wildman–Crippen MR) is 247 cm³/mol. The molecule has 13 nitrogen and oxygen atoms in total. The maximum Gasteiger partial charge on any atom is 0.315 e. The molecule has 0 radical (unpaired) electrons. The van der Waals surface area contributed by atoms with Gasteiger partial charge >= 0.3 is 6.03 Å². The summed E-state index contributed by atoms with van der Waals surface area (Å²) in [5, 5.41) is 19.7. The fourth-order valence-corrected chi connectivity index (χ4v) is 10.5. The Hall–Kier alpha value is -5.62. The van der Waals surface area contributed by atoms with Crippen LogP contribution in [0.3, 0.4) is 0 Å². The molecule has 3 fully saturated rings. The number of thioether (sulfide) groups is 1. The van der Waals surface area contributed by atoms with Crippen molar-refractivity contribution >= 4 is 41.2 Å². The summed E-state index contributed by atoms with van der Waals surface area (Å²) in [6, 6.07) is 25.4. The van der Waals surface area contributed by atoms with Gasteiger partial charge in [0, 0.05) is 61.8 Å². The van der Waals surface area contributed by atoms with E-state index in [4.69, 9.17) is 30.5 Å². The molecule has 3 N–H and O–H groups in total. The molecule has 4 heterocycles. The molecule has 4 aromatic rings. The van der Waals surface area contributed by atoms with E-state index in [2.05, 4.69) is 35.0 Å². The first-order chi connectivity index (χ1) is 30.9. The molecule has 8 rings (SSSR count). The second-order valence-electron chi connectivity index (χ2n) is 17.2. The number of hydrogen-bond acceptors (Lipinski definition) is 10. The van der Waals surface area contributed by atoms with E-state index in [1.54, 1.807) is 24.3 Å². The van der Waals surface area contributed by atoms with Crippen molar-refractivity contribution in [2.24, 2.45) is 0 Å². The van der Waals surface area contributed by atoms with E-state index < -0.39 is 5.54 Å². The summed E-state index contributed by atoms with van der Waals surface area (Å²) in [4.78, 5) is 42.5. The Bertz CT molecular complexity index is 2420. The van der Waals surface area contributed by atoms with Crippen LogP contribution in [0.5, 0.6) is 23.0 Å². The molecule has 0 aromatic heterocycles. The number of amides is 4. The van der Waals surface area contributed by atoms with Gasteiger partial charge in [-0.05, 0) is 91.8 Å². The monoisotopic (exact) mass is 906 g/mol. The van der Waals surface area contributed by atoms with Gasteiger partial charge in [0.05, 0.1) is 34.3 Å². The van der Waals surface area contributed by atoms with Gasteiger partial charge in [-0.1, -0.05) is 54.4 Å². The van der Waals surface area contributed by atoms with E-state index in [9.17, 15) is 19.6 Å². The number of halogens is 1. The lowest BCUT2D eigenvalue weighted by atomic mass is 9.96. The van der Waals surface area contributed by atoms with Gasteiger partial charge in [0.25, 0.3) is 0 Å². The molecule has 0 saturated carbocycles. The number of benzene rings is 4. The fourth-order valence-electron chi connectivity index (χ4n) is 8.74. The predicted octanol–water partition coefficient (Wildman–Crippen LogP) is 7.38. The smallest absolute Gasteiger partial charge is 0.315 e. The maximum absolute atomic E-state index is 14.0. The molecule has 3 saturated heterocycles. The van der Waals surface area contributed by atoms with Crippen molar-refractivity contribution in [2.75, 3.05) is 45.1 Å². The first-order valence-electron chi connectivity index (χ1n) is 22.0. The zero-order valence-corrected chi connectivity index (χ0v) is 38.1. The zero-order valence-electron chi connectivity index (χ0n) is 36.5. The number of nitrogens with one attached hydrogen (secondary N) is 3. The highest BCUT2D eigenvalue weighted by Crippen LogP contribution is 2.38. The lowest BCUT2D eigenvalue weighted by Crippen LogP contribution is -2.59. The van der Waals surface area contributed by atoms with Crippen LogP contribution in [-0.2, 0) is 29.3 Å². The van der Waals surface area contributed by atoms with Gasteiger partial charge in [-0.15, -0.1) is 0 Å². The van der Waals surface area contributed by atoms with E-state index in [1.165, 1.54) is 0 Å². The van der Waals surface area contributed by atoms with Gasteiger partial charge < -0.3 is 39.4 Å². The number of fused-ring (bicyclic) bond motifs is 2. The molecule has 4 aliphatic rings. The SMILES string of the molecule is Cc1c(COc2cc(OCc3cccc(C#N)c3)c(CNC(C)(C)C(=O)N3CCN(C(=O)CCCC[C@H]4SC[C@H]5NC(=O)N[C@H]54)CC3)cc2Cl)cccc1-c1ccc2c(c1)OCCO2. The normalized spacial score (nSPS) is 19.0. The largest absolute Gasteiger partial charge is 0.488 e. The summed E-state index contributed by atoms with van der Waals surface area (Å²) < 4.78 is 24.4. The lowest BCUT2D eigenvalue weighted by molar-refractivity contribution is -0.143. The van der Waals surface area contributed by atoms with Gasteiger partial charge in [-0.2, -0.15) is 17.0 Å². The van der Waals surface area contributed by atoms with Crippen LogP contribution in [0.25, 0.3) is 11.1 Å². The highest BCUT2D eigenvalue weighted by atomic mass is 35.5. The molecule has 3 atom stereocenters. The van der Waals surface area contributed by atoms with Crippen molar-refractivity contribution < 1.29 is 33.3 Å². The number of nitrogens with zero attached hydrogens (tertiary/aromatic N) is 3. The van der Waals surface area contributed by atoms with Crippen LogP contribution >= 0.6 is 23.4 Å². The van der Waals surface area contributed by atoms with Gasteiger partial charge in [-0.3, -0.25) is 14.9 Å². The molecule has 0 unspecified atom stereocenters. The first-order valence-corrected chi connectivity index (χ1v) is 23.4. The van der Waals surface area contributed by atoms with Gasteiger partial charge in [-0.25, -0.2) is 4.79 Å². The molecular weight excluding hydrogens is 852 g/mol. The minimum absolute atomic E-state index is 0.0591. The molecule has 4 aromatic carbocycles. The quantitative estimate of drug-likeness (QED) is 0.0767. The number of nitriles is 1. The topological polar surface area (TPSA) is 154 Å². The summed E-state index contributed by atoms with van der Waals surface area (Å²) in [6.45, 7) is 9.45. The third-order valence-corrected chi connectivity index (χ3v) is 14.3. The standard InChI is InChI=1S/C49H55ClN6O7S/c1-31-35(10-7-11-37(31)34-14-15-40-43(24-34)61-21-20-60-40)29-63-42-25-41(62-28-33-9-6-8-32(22-33)26-51)36(23-38(42)50)27-52-49(2,3)47(58)56-18-16-55(17-19-56)45(57)13-5-4-12-44-46-39(30-64-44)53-48(59)54-46/h6-11,14-15,22-25,39,44,46,52H,4-5,12-13,16-21,27-30H2,1-3H3,(H2,53,54,59)/t39-,44-,46-/m1/s1. The van der Waals surface area contributed by atoms with Crippen LogP contribution in [0.4, 0.5) is 4.79 Å². The number of carbonyl (C=O) groups excluding carboxylic acids is 3. The van der Waals surface area contributed by atoms with E-state index >= 15 is 0 Å². The number of urea groups is 1. The van der Waals surface area contributed by atoms with Crippen molar-refractivity contribution in [1.82, 2.24) is 25.8 Å². The Morgan fingerprint density at radius 3 is 2.48 bits per heavy atom. The summed E-state index contributed by atoms with van der Waals surface area (Å²) in [7, 11) is 0. The summed E-state index contributed by atoms with van der Waals surface area (Å²) in [5.41, 5.74) is 5.28. The average Bonchev–Trinajstić information content (AvgIpc) is 3.87. The minimum Gasteiger partial charge on any atom is -0.488 e. The molecule has 4 amide bonds. The molecule has 336 valence electrons. The van der Waals surface area contributed by atoms with E-state index in [0.29, 0.717) is 73.1 Å². The Morgan fingerprint density at radius 1 is 0.906 bits per heavy atom. The highest BCUT2D eigenvalue weighted by Gasteiger charge is 2.42. The first kappa shape index (κ1) is 45.0. The van der Waals surface area contributed by atoms with E-state index in [1.807, 2.05) is 77.9 Å². The van der Waals surface area contributed by atoms with Crippen molar-refractivity contribution in [3.05, 3.63) is 106 Å². The molecule has 0 aliphatic carbocycles. The third kappa shape index (κ3) is 10.5. The van der Waals surface area contributed by atoms with Crippen LogP contribution in [0.1, 0.15) is 67.3 Å². The summed E-state index contributed by atoms with van der Waals surface area (Å²) in [6.07, 6.45) is 3.18. The molecule has 15 heteroatoms. The lowest BCUT2D eigenvalue weighted by Gasteiger charge is -2.39. The van der Waals surface area contributed by atoms with Crippen molar-refractivity contribution in [3.8, 4) is 40.2 Å². The summed E-state index contributed by atoms with van der Waals surface area (Å²) in [5.74, 6) is 3.43. The Kier molecular flexibility index (Phi) is 14.1. The van der Waals surface area contributed by atoms with Crippen molar-refractivity contribution in [1.29, 1.82) is 5.26 Å². The van der Waals surface area contributed by atoms with E-state index in [0.717, 1.165) is 69.9 Å². The Morgan fingerprint density at radius 2 is 1.67 bits per heavy atom. The average molecular weight is 908 g/mol. The molecule has 0 bridgehead atoms. The number of carbonyl (C=O) groups is 3. The number of piperazine rings is 1. The van der Waals surface area contributed by atoms with Crippen LogP contribution in [0.2, 0.25) is 5.02 Å².